The van der Waals surface area contributed by atoms with Crippen LogP contribution in [0.4, 0.5) is 14.5 Å². The van der Waals surface area contributed by atoms with E-state index in [1.54, 1.807) is 6.92 Å². The molecule has 23 heavy (non-hydrogen) atoms. The molecule has 0 aliphatic rings. The highest BCUT2D eigenvalue weighted by Crippen LogP contribution is 2.25. The first-order chi connectivity index (χ1) is 10.6. The van der Waals surface area contributed by atoms with Gasteiger partial charge in [0, 0.05) is 6.07 Å². The van der Waals surface area contributed by atoms with Gasteiger partial charge in [0.2, 0.25) is 0 Å². The molecule has 0 heterocycles. The Hall–Kier alpha value is -2.48. The first kappa shape index (κ1) is 16.9. The second kappa shape index (κ2) is 5.96. The monoisotopic (exact) mass is 341 g/mol. The van der Waals surface area contributed by atoms with E-state index in [2.05, 4.69) is 0 Å². The molecule has 0 radical (unpaired) electrons. The molecule has 5 nitrogen and oxygen atoms in total. The van der Waals surface area contributed by atoms with Crippen LogP contribution in [0.1, 0.15) is 21.5 Å². The smallest absolute Gasteiger partial charge is 0.335 e. The van der Waals surface area contributed by atoms with Gasteiger partial charge in [-0.05, 0) is 49.2 Å². The summed E-state index contributed by atoms with van der Waals surface area (Å²) in [4.78, 5) is 10.8. The molecular formula is C15H13F2NO4S. The highest BCUT2D eigenvalue weighted by molar-refractivity contribution is 7.92. The third kappa shape index (κ3) is 3.48. The fourth-order valence-electron chi connectivity index (χ4n) is 2.01. The molecule has 2 N–H and O–H groups in total. The minimum absolute atomic E-state index is 0.215. The van der Waals surface area contributed by atoms with E-state index in [4.69, 9.17) is 5.11 Å². The minimum Gasteiger partial charge on any atom is -0.478 e. The Morgan fingerprint density at radius 1 is 1.13 bits per heavy atom. The van der Waals surface area contributed by atoms with Gasteiger partial charge in [-0.15, -0.1) is 0 Å². The molecule has 2 rings (SSSR count). The van der Waals surface area contributed by atoms with Gasteiger partial charge in [0.25, 0.3) is 10.0 Å². The number of carboxylic acids is 1. The lowest BCUT2D eigenvalue weighted by Crippen LogP contribution is -2.17. The van der Waals surface area contributed by atoms with Crippen molar-refractivity contribution in [1.29, 1.82) is 0 Å². The van der Waals surface area contributed by atoms with Gasteiger partial charge in [0.15, 0.2) is 0 Å². The Kier molecular flexibility index (Phi) is 4.37. The van der Waals surface area contributed by atoms with Crippen molar-refractivity contribution in [2.24, 2.45) is 0 Å². The van der Waals surface area contributed by atoms with E-state index < -0.39 is 33.3 Å². The third-order valence-electron chi connectivity index (χ3n) is 3.33. The largest absolute Gasteiger partial charge is 0.478 e. The average Bonchev–Trinajstić information content (AvgIpc) is 2.44. The standard InChI is InChI=1S/C15H13F2NO4S/c1-8-5-10(15(19)20)6-14(9(8)2)23(21,22)18-13-7-11(16)3-4-12(13)17/h3-7,18H,1-2H3,(H,19,20). The van der Waals surface area contributed by atoms with E-state index in [9.17, 15) is 22.0 Å². The Morgan fingerprint density at radius 3 is 2.39 bits per heavy atom. The number of rotatable bonds is 4. The zero-order valence-corrected chi connectivity index (χ0v) is 13.0. The number of halogens is 2. The molecular weight excluding hydrogens is 328 g/mol. The van der Waals surface area contributed by atoms with Crippen LogP contribution in [0.15, 0.2) is 35.2 Å². The zero-order chi connectivity index (χ0) is 17.4. The van der Waals surface area contributed by atoms with Gasteiger partial charge in [-0.3, -0.25) is 4.72 Å². The summed E-state index contributed by atoms with van der Waals surface area (Å²) < 4.78 is 53.6. The summed E-state index contributed by atoms with van der Waals surface area (Å²) in [6.07, 6.45) is 0. The Bertz CT molecular complexity index is 895. The molecule has 0 saturated heterocycles. The lowest BCUT2D eigenvalue weighted by Gasteiger charge is -2.13. The molecule has 0 amide bonds. The van der Waals surface area contributed by atoms with Crippen molar-refractivity contribution in [3.8, 4) is 0 Å². The number of benzene rings is 2. The average molecular weight is 341 g/mol. The van der Waals surface area contributed by atoms with E-state index in [0.29, 0.717) is 17.2 Å². The number of aromatic carboxylic acids is 1. The van der Waals surface area contributed by atoms with Gasteiger partial charge < -0.3 is 5.11 Å². The van der Waals surface area contributed by atoms with Gasteiger partial charge in [-0.2, -0.15) is 0 Å². The van der Waals surface area contributed by atoms with Crippen molar-refractivity contribution in [2.75, 3.05) is 4.72 Å². The fraction of sp³-hybridized carbons (Fsp3) is 0.133. The normalized spacial score (nSPS) is 11.3. The summed E-state index contributed by atoms with van der Waals surface area (Å²) in [7, 11) is -4.28. The second-order valence-corrected chi connectivity index (χ2v) is 6.60. The second-order valence-electron chi connectivity index (χ2n) is 4.95. The lowest BCUT2D eigenvalue weighted by molar-refractivity contribution is 0.0696. The van der Waals surface area contributed by atoms with Crippen LogP contribution in [0.25, 0.3) is 0 Å². The summed E-state index contributed by atoms with van der Waals surface area (Å²) in [5.41, 5.74) is 0.000251. The van der Waals surface area contributed by atoms with Crippen LogP contribution in [0.3, 0.4) is 0 Å². The molecule has 0 unspecified atom stereocenters. The van der Waals surface area contributed by atoms with Crippen LogP contribution in [-0.2, 0) is 10.0 Å². The lowest BCUT2D eigenvalue weighted by atomic mass is 10.1. The van der Waals surface area contributed by atoms with Crippen molar-refractivity contribution in [3.63, 3.8) is 0 Å². The SMILES string of the molecule is Cc1cc(C(=O)O)cc(S(=O)(=O)Nc2cc(F)ccc2F)c1C. The quantitative estimate of drug-likeness (QED) is 0.895. The topological polar surface area (TPSA) is 83.5 Å². The summed E-state index contributed by atoms with van der Waals surface area (Å²) >= 11 is 0. The molecule has 122 valence electrons. The molecule has 0 spiro atoms. The molecule has 0 aromatic heterocycles. The fourth-order valence-corrected chi connectivity index (χ4v) is 3.41. The number of carbonyl (C=O) groups is 1. The summed E-state index contributed by atoms with van der Waals surface area (Å²) in [5, 5.41) is 9.04. The molecule has 2 aromatic rings. The predicted molar refractivity (Wildman–Crippen MR) is 80.0 cm³/mol. The van der Waals surface area contributed by atoms with E-state index in [1.165, 1.54) is 13.0 Å². The molecule has 0 saturated carbocycles. The van der Waals surface area contributed by atoms with E-state index in [0.717, 1.165) is 18.2 Å². The van der Waals surface area contributed by atoms with Gasteiger partial charge in [0.1, 0.15) is 11.6 Å². The Labute approximate surface area is 131 Å². The number of sulfonamides is 1. The molecule has 0 aliphatic heterocycles. The van der Waals surface area contributed by atoms with Crippen LogP contribution < -0.4 is 4.72 Å². The Morgan fingerprint density at radius 2 is 1.78 bits per heavy atom. The molecule has 0 atom stereocenters. The molecule has 0 fully saturated rings. The van der Waals surface area contributed by atoms with E-state index in [1.807, 2.05) is 4.72 Å². The number of nitrogens with one attached hydrogen (secondary N) is 1. The van der Waals surface area contributed by atoms with E-state index >= 15 is 0 Å². The van der Waals surface area contributed by atoms with Crippen LogP contribution in [0.5, 0.6) is 0 Å². The highest BCUT2D eigenvalue weighted by Gasteiger charge is 2.22. The maximum atomic E-state index is 13.6. The molecule has 2 aromatic carbocycles. The maximum absolute atomic E-state index is 13.6. The molecule has 0 bridgehead atoms. The first-order valence-corrected chi connectivity index (χ1v) is 7.92. The summed E-state index contributed by atoms with van der Waals surface area (Å²) in [6, 6.07) is 4.66. The van der Waals surface area contributed by atoms with Crippen molar-refractivity contribution in [3.05, 3.63) is 58.7 Å². The first-order valence-electron chi connectivity index (χ1n) is 6.44. The van der Waals surface area contributed by atoms with Crippen molar-refractivity contribution in [1.82, 2.24) is 0 Å². The van der Waals surface area contributed by atoms with Crippen molar-refractivity contribution >= 4 is 21.7 Å². The van der Waals surface area contributed by atoms with Gasteiger partial charge >= 0.3 is 5.97 Å². The molecule has 8 heteroatoms. The van der Waals surface area contributed by atoms with Gasteiger partial charge in [-0.25, -0.2) is 22.0 Å². The Balaban J connectivity index is 2.56. The molecule has 0 aliphatic carbocycles. The van der Waals surface area contributed by atoms with Crippen LogP contribution in [0.2, 0.25) is 0 Å². The van der Waals surface area contributed by atoms with Crippen LogP contribution in [0, 0.1) is 25.5 Å². The predicted octanol–water partition coefficient (Wildman–Crippen LogP) is 3.08. The zero-order valence-electron chi connectivity index (χ0n) is 12.2. The minimum atomic E-state index is -4.28. The number of aryl methyl sites for hydroxylation is 1. The number of anilines is 1. The van der Waals surface area contributed by atoms with Gasteiger partial charge in [-0.1, -0.05) is 0 Å². The van der Waals surface area contributed by atoms with Crippen molar-refractivity contribution in [2.45, 2.75) is 18.7 Å². The van der Waals surface area contributed by atoms with E-state index in [-0.39, 0.29) is 10.5 Å². The number of carboxylic acid groups (broad SMARTS) is 1. The number of hydrogen-bond acceptors (Lipinski definition) is 3. The third-order valence-corrected chi connectivity index (χ3v) is 4.82. The van der Waals surface area contributed by atoms with Gasteiger partial charge in [0.05, 0.1) is 16.1 Å². The van der Waals surface area contributed by atoms with Crippen molar-refractivity contribution < 1.29 is 27.1 Å². The highest BCUT2D eigenvalue weighted by atomic mass is 32.2. The number of hydrogen-bond donors (Lipinski definition) is 2. The summed E-state index contributed by atoms with van der Waals surface area (Å²) in [5.74, 6) is -3.04. The maximum Gasteiger partial charge on any atom is 0.335 e. The van der Waals surface area contributed by atoms with Crippen LogP contribution >= 0.6 is 0 Å². The summed E-state index contributed by atoms with van der Waals surface area (Å²) in [6.45, 7) is 3.06. The van der Waals surface area contributed by atoms with Crippen LogP contribution in [-0.4, -0.2) is 19.5 Å².